The Bertz CT molecular complexity index is 255. The van der Waals surface area contributed by atoms with Crippen molar-refractivity contribution in [3.05, 3.63) is 0 Å². The third kappa shape index (κ3) is 21.3. The predicted molar refractivity (Wildman–Crippen MR) is 109 cm³/mol. The van der Waals surface area contributed by atoms with E-state index in [1.807, 2.05) is 27.7 Å². The molecule has 2 unspecified atom stereocenters. The van der Waals surface area contributed by atoms with E-state index in [1.54, 1.807) is 6.92 Å². The van der Waals surface area contributed by atoms with E-state index in [9.17, 15) is 4.79 Å². The summed E-state index contributed by atoms with van der Waals surface area (Å²) in [7, 11) is 5.99. The van der Waals surface area contributed by atoms with Crippen LogP contribution in [0.15, 0.2) is 0 Å². The Morgan fingerprint density at radius 1 is 1.12 bits per heavy atom. The van der Waals surface area contributed by atoms with Crippen molar-refractivity contribution < 1.29 is 19.6 Å². The number of carbonyl (C=O) groups is 1. The maximum atomic E-state index is 11.5. The van der Waals surface area contributed by atoms with Gasteiger partial charge in [0.25, 0.3) is 0 Å². The van der Waals surface area contributed by atoms with Gasteiger partial charge in [-0.2, -0.15) is 0 Å². The summed E-state index contributed by atoms with van der Waals surface area (Å²) in [4.78, 5) is 13.7. The number of nitrogens with zero attached hydrogens (tertiary/aromatic N) is 1. The van der Waals surface area contributed by atoms with E-state index < -0.39 is 7.12 Å². The topological polar surface area (TPSA) is 96.0 Å². The fraction of sp³-hybridized carbons (Fsp3) is 0.944. The summed E-state index contributed by atoms with van der Waals surface area (Å²) in [5, 5.41) is 15.8. The van der Waals surface area contributed by atoms with Crippen LogP contribution in [0.3, 0.4) is 0 Å². The molecule has 0 aliphatic heterocycles. The van der Waals surface area contributed by atoms with Crippen molar-refractivity contribution in [3.63, 3.8) is 0 Å². The molecule has 0 bridgehead atoms. The van der Waals surface area contributed by atoms with Gasteiger partial charge in [0.2, 0.25) is 0 Å². The molecule has 4 N–H and O–H groups in total. The zero-order valence-corrected chi connectivity index (χ0v) is 18.2. The largest absolute Gasteiger partial charge is 0.469 e. The summed E-state index contributed by atoms with van der Waals surface area (Å²) >= 11 is 0. The lowest BCUT2D eigenvalue weighted by Crippen LogP contribution is -2.34. The average Bonchev–Trinajstić information content (AvgIpc) is 2.66. The Labute approximate surface area is 157 Å². The number of carbonyl (C=O) groups excluding carboxylic acids is 1. The highest BCUT2D eigenvalue weighted by molar-refractivity contribution is 6.40. The number of ether oxygens (including phenoxy) is 1. The molecule has 0 spiro atoms. The minimum absolute atomic E-state index is 0.0171. The second kappa shape index (κ2) is 25.6. The summed E-state index contributed by atoms with van der Waals surface area (Å²) in [5.74, 6) is 0.610. The molecular formula is C18H45BN2O4. The second-order valence-electron chi connectivity index (χ2n) is 5.33. The smallest absolute Gasteiger partial charge is 0.451 e. The van der Waals surface area contributed by atoms with E-state index in [1.165, 1.54) is 27.0 Å². The first-order valence-corrected chi connectivity index (χ1v) is 9.58. The molecule has 2 atom stereocenters. The van der Waals surface area contributed by atoms with Crippen molar-refractivity contribution in [2.45, 2.75) is 66.6 Å². The molecule has 1 saturated carbocycles. The van der Waals surface area contributed by atoms with Gasteiger partial charge in [-0.05, 0) is 46.2 Å². The number of methoxy groups -OCH3 is 1. The highest BCUT2D eigenvalue weighted by atomic mass is 16.5. The Morgan fingerprint density at radius 2 is 1.52 bits per heavy atom. The Hall–Kier alpha value is -0.625. The van der Waals surface area contributed by atoms with Crippen LogP contribution in [0.25, 0.3) is 0 Å². The van der Waals surface area contributed by atoms with E-state index in [0.717, 1.165) is 19.4 Å². The quantitative estimate of drug-likeness (QED) is 0.524. The van der Waals surface area contributed by atoms with E-state index in [2.05, 4.69) is 24.7 Å². The fourth-order valence-electron chi connectivity index (χ4n) is 2.36. The van der Waals surface area contributed by atoms with E-state index >= 15 is 0 Å². The van der Waals surface area contributed by atoms with Crippen LogP contribution in [0, 0.1) is 11.8 Å². The second-order valence-corrected chi connectivity index (χ2v) is 5.33. The van der Waals surface area contributed by atoms with Crippen molar-refractivity contribution >= 4 is 13.1 Å². The van der Waals surface area contributed by atoms with Crippen LogP contribution in [0.5, 0.6) is 0 Å². The third-order valence-corrected chi connectivity index (χ3v) is 3.38. The number of esters is 1. The molecule has 0 aromatic heterocycles. The SMILES string of the molecule is CC.CC.CCB(O)O.CN.COC(=O)C1CCCCC1CN(C)C. The van der Waals surface area contributed by atoms with Crippen molar-refractivity contribution in [2.24, 2.45) is 17.6 Å². The van der Waals surface area contributed by atoms with Crippen LogP contribution in [0.2, 0.25) is 6.32 Å². The first kappa shape index (κ1) is 32.1. The normalized spacial score (nSPS) is 17.8. The van der Waals surface area contributed by atoms with Gasteiger partial charge in [-0.25, -0.2) is 0 Å². The fourth-order valence-corrected chi connectivity index (χ4v) is 2.36. The van der Waals surface area contributed by atoms with Gasteiger partial charge in [0.15, 0.2) is 0 Å². The predicted octanol–water partition coefficient (Wildman–Crippen LogP) is 2.63. The summed E-state index contributed by atoms with van der Waals surface area (Å²) in [5.41, 5.74) is 4.50. The maximum Gasteiger partial charge on any atom is 0.451 e. The summed E-state index contributed by atoms with van der Waals surface area (Å²) < 4.78 is 4.84. The molecule has 0 aromatic rings. The molecule has 0 heterocycles. The van der Waals surface area contributed by atoms with Crippen LogP contribution in [0.1, 0.15) is 60.3 Å². The molecule has 1 rings (SSSR count). The standard InChI is InChI=1S/C11H21NO2.C2H7BO2.2C2H6.CH5N/c1-12(2)8-9-6-4-5-7-10(9)11(13)14-3;1-2-3(4)5;3*1-2/h9-10H,4-8H2,1-3H3;4-5H,2H2,1H3;2*1-2H3;2H2,1H3. The van der Waals surface area contributed by atoms with E-state index in [-0.39, 0.29) is 11.9 Å². The molecule has 6 nitrogen and oxygen atoms in total. The highest BCUT2D eigenvalue weighted by Crippen LogP contribution is 2.31. The minimum atomic E-state index is -1.12. The van der Waals surface area contributed by atoms with Crippen molar-refractivity contribution in [2.75, 3.05) is 34.8 Å². The minimum Gasteiger partial charge on any atom is -0.469 e. The van der Waals surface area contributed by atoms with Gasteiger partial charge in [-0.1, -0.05) is 47.5 Å². The van der Waals surface area contributed by atoms with Gasteiger partial charge in [0.1, 0.15) is 0 Å². The van der Waals surface area contributed by atoms with Crippen LogP contribution in [-0.2, 0) is 9.53 Å². The molecule has 0 aromatic carbocycles. The van der Waals surface area contributed by atoms with Gasteiger partial charge < -0.3 is 25.4 Å². The number of nitrogens with two attached hydrogens (primary N) is 1. The molecule has 154 valence electrons. The summed E-state index contributed by atoms with van der Waals surface area (Å²) in [6, 6.07) is 0. The van der Waals surface area contributed by atoms with Crippen LogP contribution < -0.4 is 5.73 Å². The monoisotopic (exact) mass is 364 g/mol. The number of hydrogen-bond donors (Lipinski definition) is 3. The molecule has 0 radical (unpaired) electrons. The van der Waals surface area contributed by atoms with Gasteiger partial charge >= 0.3 is 13.1 Å². The zero-order chi connectivity index (χ0) is 20.8. The zero-order valence-electron chi connectivity index (χ0n) is 18.2. The lowest BCUT2D eigenvalue weighted by atomic mass is 9.79. The molecular weight excluding hydrogens is 319 g/mol. The molecule has 0 saturated heterocycles. The lowest BCUT2D eigenvalue weighted by Gasteiger charge is -2.31. The number of rotatable bonds is 4. The van der Waals surface area contributed by atoms with Crippen LogP contribution in [-0.4, -0.2) is 62.8 Å². The molecule has 25 heavy (non-hydrogen) atoms. The molecule has 1 fully saturated rings. The van der Waals surface area contributed by atoms with Crippen molar-refractivity contribution in [1.82, 2.24) is 4.90 Å². The molecule has 7 heteroatoms. The molecule has 1 aliphatic carbocycles. The summed E-state index contributed by atoms with van der Waals surface area (Å²) in [6.45, 7) is 10.7. The Kier molecular flexibility index (Phi) is 32.9. The average molecular weight is 364 g/mol. The molecule has 0 amide bonds. The Balaban J connectivity index is -0.000000168. The van der Waals surface area contributed by atoms with E-state index in [0.29, 0.717) is 12.2 Å². The highest BCUT2D eigenvalue weighted by Gasteiger charge is 2.31. The number of hydrogen-bond acceptors (Lipinski definition) is 6. The van der Waals surface area contributed by atoms with Gasteiger partial charge in [0, 0.05) is 6.54 Å². The molecule has 1 aliphatic rings. The first-order valence-electron chi connectivity index (χ1n) is 9.58. The van der Waals surface area contributed by atoms with Gasteiger partial charge in [0.05, 0.1) is 13.0 Å². The van der Waals surface area contributed by atoms with Gasteiger partial charge in [-0.3, -0.25) is 4.79 Å². The lowest BCUT2D eigenvalue weighted by molar-refractivity contribution is -0.148. The van der Waals surface area contributed by atoms with E-state index in [4.69, 9.17) is 14.8 Å². The van der Waals surface area contributed by atoms with Crippen LogP contribution >= 0.6 is 0 Å². The van der Waals surface area contributed by atoms with Gasteiger partial charge in [-0.15, -0.1) is 0 Å². The van der Waals surface area contributed by atoms with Crippen LogP contribution in [0.4, 0.5) is 0 Å². The van der Waals surface area contributed by atoms with Crippen molar-refractivity contribution in [3.8, 4) is 0 Å². The maximum absolute atomic E-state index is 11.5. The Morgan fingerprint density at radius 3 is 1.84 bits per heavy atom. The first-order chi connectivity index (χ1) is 11.9. The van der Waals surface area contributed by atoms with Crippen molar-refractivity contribution in [1.29, 1.82) is 0 Å². The third-order valence-electron chi connectivity index (χ3n) is 3.38. The summed E-state index contributed by atoms with van der Waals surface area (Å²) in [6.07, 6.45) is 5.01.